The third-order valence-corrected chi connectivity index (χ3v) is 4.66. The van der Waals surface area contributed by atoms with E-state index in [1.807, 2.05) is 49.4 Å². The molecule has 0 saturated heterocycles. The number of carbonyl (C=O) groups excluding carboxylic acids is 1. The number of fused-ring (bicyclic) bond motifs is 1. The number of hydrazone groups is 1. The molecule has 2 aromatic carbocycles. The zero-order chi connectivity index (χ0) is 17.2. The van der Waals surface area contributed by atoms with E-state index < -0.39 is 0 Å². The molecule has 1 heterocycles. The van der Waals surface area contributed by atoms with Crippen molar-refractivity contribution in [3.05, 3.63) is 77.5 Å². The molecule has 25 heavy (non-hydrogen) atoms. The van der Waals surface area contributed by atoms with Gasteiger partial charge in [-0.1, -0.05) is 36.4 Å². The van der Waals surface area contributed by atoms with E-state index >= 15 is 0 Å². The van der Waals surface area contributed by atoms with Crippen LogP contribution in [0.1, 0.15) is 29.0 Å². The highest BCUT2D eigenvalue weighted by atomic mass is 16.2. The van der Waals surface area contributed by atoms with Crippen molar-refractivity contribution >= 4 is 23.0 Å². The highest BCUT2D eigenvalue weighted by Gasteiger charge is 2.43. The molecule has 1 N–H and O–H groups in total. The van der Waals surface area contributed by atoms with Crippen LogP contribution in [0, 0.1) is 12.8 Å². The normalized spacial score (nSPS) is 19.2. The number of nitrogens with zero attached hydrogens (tertiary/aromatic N) is 2. The minimum absolute atomic E-state index is 0.00993. The second-order valence-electron chi connectivity index (χ2n) is 6.51. The highest BCUT2D eigenvalue weighted by Crippen LogP contribution is 2.47. The average Bonchev–Trinajstić information content (AvgIpc) is 3.43. The van der Waals surface area contributed by atoms with Crippen LogP contribution in [-0.4, -0.2) is 17.1 Å². The van der Waals surface area contributed by atoms with Gasteiger partial charge in [-0.25, -0.2) is 5.43 Å². The SMILES string of the molecule is Cc1cc(/C=N\NC(=O)C2CC2c2ccccc2)cc2cccnc12. The predicted molar refractivity (Wildman–Crippen MR) is 99.5 cm³/mol. The fourth-order valence-corrected chi connectivity index (χ4v) is 3.28. The van der Waals surface area contributed by atoms with Crippen molar-refractivity contribution in [2.75, 3.05) is 0 Å². The van der Waals surface area contributed by atoms with Crippen molar-refractivity contribution in [1.82, 2.24) is 10.4 Å². The fourth-order valence-electron chi connectivity index (χ4n) is 3.28. The molecule has 4 nitrogen and oxygen atoms in total. The third kappa shape index (κ3) is 3.29. The summed E-state index contributed by atoms with van der Waals surface area (Å²) in [6.45, 7) is 2.03. The summed E-state index contributed by atoms with van der Waals surface area (Å²) >= 11 is 0. The van der Waals surface area contributed by atoms with Crippen LogP contribution < -0.4 is 5.43 Å². The van der Waals surface area contributed by atoms with Crippen LogP contribution in [-0.2, 0) is 4.79 Å². The van der Waals surface area contributed by atoms with Gasteiger partial charge in [-0.15, -0.1) is 0 Å². The molecule has 2 unspecified atom stereocenters. The maximum absolute atomic E-state index is 12.2. The van der Waals surface area contributed by atoms with Gasteiger partial charge in [-0.05, 0) is 54.2 Å². The first-order valence-corrected chi connectivity index (χ1v) is 8.45. The molecule has 0 spiro atoms. The van der Waals surface area contributed by atoms with Gasteiger partial charge < -0.3 is 0 Å². The Morgan fingerprint density at radius 1 is 1.20 bits per heavy atom. The summed E-state index contributed by atoms with van der Waals surface area (Å²) in [5, 5.41) is 5.20. The van der Waals surface area contributed by atoms with Gasteiger partial charge in [0.05, 0.1) is 11.7 Å². The van der Waals surface area contributed by atoms with Crippen LogP contribution in [0.2, 0.25) is 0 Å². The zero-order valence-electron chi connectivity index (χ0n) is 14.0. The summed E-state index contributed by atoms with van der Waals surface area (Å²) < 4.78 is 0. The number of amides is 1. The molecule has 1 fully saturated rings. The Labute approximate surface area is 146 Å². The quantitative estimate of drug-likeness (QED) is 0.585. The molecular formula is C21H19N3O. The number of hydrogen-bond acceptors (Lipinski definition) is 3. The number of hydrogen-bond donors (Lipinski definition) is 1. The lowest BCUT2D eigenvalue weighted by Crippen LogP contribution is -2.20. The second-order valence-corrected chi connectivity index (χ2v) is 6.51. The summed E-state index contributed by atoms with van der Waals surface area (Å²) in [5.74, 6) is 0.344. The Bertz CT molecular complexity index is 950. The lowest BCUT2D eigenvalue weighted by Gasteiger charge is -2.03. The number of pyridine rings is 1. The van der Waals surface area contributed by atoms with Gasteiger partial charge in [0.2, 0.25) is 5.91 Å². The second kappa shape index (κ2) is 6.48. The summed E-state index contributed by atoms with van der Waals surface area (Å²) in [6, 6.07) is 18.2. The fraction of sp³-hybridized carbons (Fsp3) is 0.190. The van der Waals surface area contributed by atoms with E-state index in [2.05, 4.69) is 27.6 Å². The minimum atomic E-state index is -0.00993. The smallest absolute Gasteiger partial charge is 0.243 e. The molecule has 0 radical (unpaired) electrons. The van der Waals surface area contributed by atoms with Crippen molar-refractivity contribution in [3.63, 3.8) is 0 Å². The number of benzene rings is 2. The Kier molecular flexibility index (Phi) is 4.02. The molecule has 1 saturated carbocycles. The van der Waals surface area contributed by atoms with Gasteiger partial charge in [0, 0.05) is 17.5 Å². The molecule has 1 aliphatic rings. The molecule has 0 bridgehead atoms. The van der Waals surface area contributed by atoms with E-state index in [9.17, 15) is 4.79 Å². The number of aromatic nitrogens is 1. The minimum Gasteiger partial charge on any atom is -0.273 e. The van der Waals surface area contributed by atoms with Gasteiger partial charge in [0.25, 0.3) is 0 Å². The van der Waals surface area contributed by atoms with Gasteiger partial charge >= 0.3 is 0 Å². The number of aryl methyl sites for hydroxylation is 1. The molecule has 3 aromatic rings. The van der Waals surface area contributed by atoms with Crippen molar-refractivity contribution in [2.45, 2.75) is 19.3 Å². The molecule has 1 amide bonds. The van der Waals surface area contributed by atoms with E-state index in [4.69, 9.17) is 0 Å². The Hall–Kier alpha value is -3.01. The first kappa shape index (κ1) is 15.5. The monoisotopic (exact) mass is 329 g/mol. The molecule has 4 heteroatoms. The Balaban J connectivity index is 1.41. The summed E-state index contributed by atoms with van der Waals surface area (Å²) in [4.78, 5) is 16.6. The van der Waals surface area contributed by atoms with Crippen molar-refractivity contribution < 1.29 is 4.79 Å². The lowest BCUT2D eigenvalue weighted by molar-refractivity contribution is -0.122. The van der Waals surface area contributed by atoms with Gasteiger partial charge in [-0.3, -0.25) is 9.78 Å². The van der Waals surface area contributed by atoms with Gasteiger partial charge in [-0.2, -0.15) is 5.10 Å². The van der Waals surface area contributed by atoms with Crippen molar-refractivity contribution in [1.29, 1.82) is 0 Å². The van der Waals surface area contributed by atoms with Crippen LogP contribution in [0.25, 0.3) is 10.9 Å². The first-order chi connectivity index (χ1) is 12.2. The van der Waals surface area contributed by atoms with E-state index in [0.717, 1.165) is 28.5 Å². The van der Waals surface area contributed by atoms with E-state index in [-0.39, 0.29) is 11.8 Å². The van der Waals surface area contributed by atoms with Gasteiger partial charge in [0.1, 0.15) is 0 Å². The third-order valence-electron chi connectivity index (χ3n) is 4.66. The Morgan fingerprint density at radius 3 is 2.88 bits per heavy atom. The van der Waals surface area contributed by atoms with Crippen LogP contribution in [0.15, 0.2) is 65.9 Å². The van der Waals surface area contributed by atoms with Crippen molar-refractivity contribution in [3.8, 4) is 0 Å². The largest absolute Gasteiger partial charge is 0.273 e. The topological polar surface area (TPSA) is 54.4 Å². The molecule has 4 rings (SSSR count). The number of rotatable bonds is 4. The number of nitrogens with one attached hydrogen (secondary N) is 1. The van der Waals surface area contributed by atoms with E-state index in [1.54, 1.807) is 12.4 Å². The lowest BCUT2D eigenvalue weighted by atomic mass is 10.1. The standard InChI is InChI=1S/C21H19N3O/c1-14-10-15(11-17-8-5-9-22-20(14)17)13-23-24-21(25)19-12-18(19)16-6-3-2-4-7-16/h2-11,13,18-19H,12H2,1H3,(H,24,25)/b23-13-. The van der Waals surface area contributed by atoms with Crippen LogP contribution >= 0.6 is 0 Å². The summed E-state index contributed by atoms with van der Waals surface area (Å²) in [5.41, 5.74) is 6.94. The maximum Gasteiger partial charge on any atom is 0.243 e. The summed E-state index contributed by atoms with van der Waals surface area (Å²) in [6.07, 6.45) is 4.38. The molecule has 0 aliphatic heterocycles. The molecule has 124 valence electrons. The molecule has 1 aliphatic carbocycles. The maximum atomic E-state index is 12.2. The Morgan fingerprint density at radius 2 is 2.04 bits per heavy atom. The summed E-state index contributed by atoms with van der Waals surface area (Å²) in [7, 11) is 0. The van der Waals surface area contributed by atoms with Crippen LogP contribution in [0.3, 0.4) is 0 Å². The average molecular weight is 329 g/mol. The van der Waals surface area contributed by atoms with Gasteiger partial charge in [0.15, 0.2) is 0 Å². The molecular weight excluding hydrogens is 310 g/mol. The predicted octanol–water partition coefficient (Wildman–Crippen LogP) is 3.80. The first-order valence-electron chi connectivity index (χ1n) is 8.45. The molecule has 2 atom stereocenters. The van der Waals surface area contributed by atoms with Crippen molar-refractivity contribution in [2.24, 2.45) is 11.0 Å². The van der Waals surface area contributed by atoms with E-state index in [1.165, 1.54) is 5.56 Å². The highest BCUT2D eigenvalue weighted by molar-refractivity contribution is 5.91. The zero-order valence-corrected chi connectivity index (χ0v) is 14.0. The van der Waals surface area contributed by atoms with Crippen LogP contribution in [0.4, 0.5) is 0 Å². The van der Waals surface area contributed by atoms with E-state index in [0.29, 0.717) is 5.92 Å². The van der Waals surface area contributed by atoms with Crippen LogP contribution in [0.5, 0.6) is 0 Å². The number of carbonyl (C=O) groups is 1. The molecule has 1 aromatic heterocycles.